The fourth-order valence-corrected chi connectivity index (χ4v) is 9.76. The number of aromatic nitrogens is 3. The summed E-state index contributed by atoms with van der Waals surface area (Å²) in [4.78, 5) is 67.8. The van der Waals surface area contributed by atoms with Crippen molar-refractivity contribution in [1.82, 2.24) is 14.5 Å². The minimum absolute atomic E-state index is 0.00767. The van der Waals surface area contributed by atoms with E-state index in [1.54, 1.807) is 16.9 Å². The first kappa shape index (κ1) is 43.1. The van der Waals surface area contributed by atoms with Crippen molar-refractivity contribution < 1.29 is 65.5 Å². The Labute approximate surface area is 308 Å². The quantitative estimate of drug-likeness (QED) is 0.0184. The molecule has 0 bridgehead atoms. The number of hydrogen-bond acceptors (Lipinski definition) is 17. The molecule has 0 aliphatic carbocycles. The Bertz CT molecular complexity index is 2070. The number of anilines is 1. The summed E-state index contributed by atoms with van der Waals surface area (Å²) in [7, 11) is -14.0. The number of aromatic amines is 1. The molecule has 27 heteroatoms. The minimum atomic E-state index is -5.82. The summed E-state index contributed by atoms with van der Waals surface area (Å²) in [5.74, 6) is 5.77. The van der Waals surface area contributed by atoms with E-state index in [-0.39, 0.29) is 58.2 Å². The summed E-state index contributed by atoms with van der Waals surface area (Å²) in [6.45, 7) is 3.22. The SMILES string of the molecule is CC(C)(CN)SSCOCC#Cc1cn([C@H]2CC(OCc3ccccc3[N+](=O)[O-])[C@@H](COP(=O)(O)OP(=O)(O)OP(=O)(O)O)O2)c2nc(N)[nH]c(=O)c12. The molecule has 1 aromatic carbocycles. The van der Waals surface area contributed by atoms with E-state index in [1.807, 2.05) is 13.8 Å². The van der Waals surface area contributed by atoms with Crippen LogP contribution < -0.4 is 17.0 Å². The lowest BCUT2D eigenvalue weighted by Gasteiger charge is -2.21. The predicted molar refractivity (Wildman–Crippen MR) is 191 cm³/mol. The van der Waals surface area contributed by atoms with Gasteiger partial charge in [0.15, 0.2) is 5.65 Å². The second-order valence-corrected chi connectivity index (χ2v) is 18.9. The van der Waals surface area contributed by atoms with E-state index < -0.39 is 59.0 Å². The van der Waals surface area contributed by atoms with Crippen molar-refractivity contribution in [3.63, 3.8) is 0 Å². The average Bonchev–Trinajstić information content (AvgIpc) is 3.61. The molecule has 1 aliphatic heterocycles. The summed E-state index contributed by atoms with van der Waals surface area (Å²) in [5, 5.41) is 11.6. The van der Waals surface area contributed by atoms with Crippen LogP contribution in [0.25, 0.3) is 11.0 Å². The highest BCUT2D eigenvalue weighted by Gasteiger charge is 2.44. The first-order chi connectivity index (χ1) is 24.7. The van der Waals surface area contributed by atoms with E-state index in [2.05, 4.69) is 30.4 Å². The van der Waals surface area contributed by atoms with Crippen LogP contribution in [-0.4, -0.2) is 81.7 Å². The number of fused-ring (bicyclic) bond motifs is 1. The Morgan fingerprint density at radius 1 is 1.19 bits per heavy atom. The Morgan fingerprint density at radius 2 is 1.91 bits per heavy atom. The third-order valence-corrected chi connectivity index (χ3v) is 13.8. The zero-order valence-electron chi connectivity index (χ0n) is 27.7. The lowest BCUT2D eigenvalue weighted by Crippen LogP contribution is -2.29. The zero-order chi connectivity index (χ0) is 39.2. The van der Waals surface area contributed by atoms with Gasteiger partial charge in [0, 0.05) is 30.0 Å². The molecule has 292 valence electrons. The molecule has 5 atom stereocenters. The first-order valence-corrected chi connectivity index (χ1v) is 21.8. The number of nitrogens with zero attached hydrogens (tertiary/aromatic N) is 3. The molecule has 1 saturated heterocycles. The van der Waals surface area contributed by atoms with Crippen LogP contribution in [0.2, 0.25) is 0 Å². The Hall–Kier alpha value is -2.65. The highest BCUT2D eigenvalue weighted by molar-refractivity contribution is 8.77. The van der Waals surface area contributed by atoms with Crippen molar-refractivity contribution in [3.05, 3.63) is 62.1 Å². The number of phosphoric acid groups is 3. The summed E-state index contributed by atoms with van der Waals surface area (Å²) >= 11 is 0. The van der Waals surface area contributed by atoms with Crippen LogP contribution in [0.5, 0.6) is 0 Å². The van der Waals surface area contributed by atoms with Crippen LogP contribution in [0, 0.1) is 22.0 Å². The lowest BCUT2D eigenvalue weighted by molar-refractivity contribution is -0.386. The van der Waals surface area contributed by atoms with Gasteiger partial charge >= 0.3 is 23.5 Å². The summed E-state index contributed by atoms with van der Waals surface area (Å²) in [5.41, 5.74) is 11.1. The molecular weight excluding hydrogens is 809 g/mol. The number of phosphoric ester groups is 1. The van der Waals surface area contributed by atoms with Gasteiger partial charge in [0.05, 0.1) is 40.8 Å². The lowest BCUT2D eigenvalue weighted by atomic mass is 10.1. The molecule has 1 fully saturated rings. The van der Waals surface area contributed by atoms with Crippen molar-refractivity contribution in [2.75, 3.05) is 31.4 Å². The number of para-hydroxylation sites is 1. The number of hydrogen-bond donors (Lipinski definition) is 7. The third-order valence-electron chi connectivity index (χ3n) is 6.96. The van der Waals surface area contributed by atoms with E-state index in [4.69, 9.17) is 40.0 Å². The highest BCUT2D eigenvalue weighted by Crippen LogP contribution is 2.66. The molecule has 0 amide bonds. The van der Waals surface area contributed by atoms with Crippen LogP contribution in [-0.2, 0) is 47.7 Å². The van der Waals surface area contributed by atoms with Gasteiger partial charge in [0.1, 0.15) is 24.9 Å². The van der Waals surface area contributed by atoms with Crippen molar-refractivity contribution in [3.8, 4) is 11.8 Å². The van der Waals surface area contributed by atoms with Gasteiger partial charge in [-0.2, -0.15) is 13.6 Å². The smallest absolute Gasteiger partial charge is 0.370 e. The molecule has 4 rings (SSSR count). The van der Waals surface area contributed by atoms with Gasteiger partial charge in [-0.25, -0.2) is 13.7 Å². The molecule has 3 heterocycles. The molecule has 0 saturated carbocycles. The summed E-state index contributed by atoms with van der Waals surface area (Å²) in [6.07, 6.45) is -2.10. The predicted octanol–water partition coefficient (Wildman–Crippen LogP) is 2.88. The molecule has 9 N–H and O–H groups in total. The molecule has 2 aromatic heterocycles. The number of nitrogens with two attached hydrogens (primary N) is 2. The number of ether oxygens (including phenoxy) is 3. The topological polar surface area (TPSA) is 333 Å². The molecule has 0 spiro atoms. The highest BCUT2D eigenvalue weighted by atomic mass is 33.1. The van der Waals surface area contributed by atoms with Crippen molar-refractivity contribution in [1.29, 1.82) is 0 Å². The van der Waals surface area contributed by atoms with Crippen molar-refractivity contribution >= 4 is 67.7 Å². The number of benzene rings is 1. The van der Waals surface area contributed by atoms with Crippen LogP contribution in [0.15, 0.2) is 35.3 Å². The summed E-state index contributed by atoms with van der Waals surface area (Å²) < 4.78 is 66.5. The van der Waals surface area contributed by atoms with E-state index in [9.17, 15) is 38.4 Å². The number of nitro groups is 1. The van der Waals surface area contributed by atoms with E-state index >= 15 is 0 Å². The minimum Gasteiger partial charge on any atom is -0.370 e. The number of nitro benzene ring substituents is 1. The van der Waals surface area contributed by atoms with Gasteiger partial charge in [0.25, 0.3) is 11.2 Å². The molecule has 3 aromatic rings. The van der Waals surface area contributed by atoms with E-state index in [0.717, 1.165) is 0 Å². The van der Waals surface area contributed by atoms with Crippen LogP contribution in [0.3, 0.4) is 0 Å². The van der Waals surface area contributed by atoms with Gasteiger partial charge in [0.2, 0.25) is 5.95 Å². The molecule has 1 aliphatic rings. The van der Waals surface area contributed by atoms with E-state index in [1.165, 1.54) is 39.8 Å². The van der Waals surface area contributed by atoms with E-state index in [0.29, 0.717) is 12.5 Å². The second-order valence-electron chi connectivity index (χ2n) is 11.5. The number of nitrogen functional groups attached to an aromatic ring is 1. The molecule has 53 heavy (non-hydrogen) atoms. The normalized spacial score (nSPS) is 20.1. The Morgan fingerprint density at radius 3 is 2.58 bits per heavy atom. The first-order valence-electron chi connectivity index (χ1n) is 14.9. The van der Waals surface area contributed by atoms with Gasteiger partial charge in [-0.05, 0) is 19.9 Å². The van der Waals surface area contributed by atoms with Crippen molar-refractivity contribution in [2.45, 2.75) is 50.1 Å². The van der Waals surface area contributed by atoms with Crippen LogP contribution >= 0.6 is 45.1 Å². The molecule has 3 unspecified atom stereocenters. The second kappa shape index (κ2) is 17.9. The third kappa shape index (κ3) is 12.7. The van der Waals surface area contributed by atoms with Crippen LogP contribution in [0.1, 0.15) is 37.6 Å². The van der Waals surface area contributed by atoms with Gasteiger partial charge in [-0.1, -0.05) is 45.6 Å². The number of nitrogens with one attached hydrogen (secondary N) is 1. The van der Waals surface area contributed by atoms with Crippen LogP contribution in [0.4, 0.5) is 11.6 Å². The maximum Gasteiger partial charge on any atom is 0.490 e. The Balaban J connectivity index is 1.59. The van der Waals surface area contributed by atoms with Gasteiger partial charge < -0.3 is 49.8 Å². The van der Waals surface area contributed by atoms with Gasteiger partial charge in [-0.15, -0.1) is 0 Å². The Kier molecular flexibility index (Phi) is 14.5. The standard InChI is InChI=1S/C26H35N6O16P3S2/c1-26(2,14-27)53-52-15-43-9-5-7-16-11-31(23-22(16)24(33)30-25(28)29-23)21-10-19(44-12-17-6-3-4-8-18(17)32(34)35)20(46-21)13-45-50(39,40)48-51(41,42)47-49(36,37)38/h3-4,6,8,11,19-21H,9-10,12-15,27H2,1-2H3,(H,39,40)(H,41,42)(H2,36,37,38)(H3,28,29,30,33)/t19?,20-,21-/m1/s1. The molecular formula is C26H35N6O16P3S2. The summed E-state index contributed by atoms with van der Waals surface area (Å²) in [6, 6.07) is 5.69. The fraction of sp³-hybridized carbons (Fsp3) is 0.462. The average molecular weight is 845 g/mol. The van der Waals surface area contributed by atoms with Gasteiger partial charge in [-0.3, -0.25) is 24.4 Å². The molecule has 0 radical (unpaired) electrons. The fourth-order valence-electron chi connectivity index (χ4n) is 4.64. The zero-order valence-corrected chi connectivity index (χ0v) is 32.0. The largest absolute Gasteiger partial charge is 0.490 e. The molecule has 22 nitrogen and oxygen atoms in total. The van der Waals surface area contributed by atoms with Crippen molar-refractivity contribution in [2.24, 2.45) is 5.73 Å². The monoisotopic (exact) mass is 844 g/mol. The maximum atomic E-state index is 13.0. The number of rotatable bonds is 18. The maximum absolute atomic E-state index is 13.0. The number of H-pyrrole nitrogens is 1.